The second-order valence-electron chi connectivity index (χ2n) is 9.18. The number of hydrogen-bond donors (Lipinski definition) is 0. The molecule has 1 aromatic carbocycles. The molecule has 5 nitrogen and oxygen atoms in total. The third-order valence-corrected chi connectivity index (χ3v) is 7.34. The Morgan fingerprint density at radius 3 is 2.58 bits per heavy atom. The maximum atomic E-state index is 13.9. The molecular formula is C25H29FN4O. The van der Waals surface area contributed by atoms with Gasteiger partial charge < -0.3 is 4.90 Å². The number of nitrogens with zero attached hydrogens (tertiary/aromatic N) is 4. The zero-order valence-electron chi connectivity index (χ0n) is 18.3. The zero-order chi connectivity index (χ0) is 21.6. The SMILES string of the molecule is Cc1nn(C)c2nc(C3CCN(C(=O)C4(c5cccc(F)c5)CCCC4)CC3)ccc12. The van der Waals surface area contributed by atoms with Gasteiger partial charge in [-0.3, -0.25) is 9.48 Å². The van der Waals surface area contributed by atoms with Crippen LogP contribution in [0.5, 0.6) is 0 Å². The van der Waals surface area contributed by atoms with E-state index in [-0.39, 0.29) is 11.7 Å². The highest BCUT2D eigenvalue weighted by Crippen LogP contribution is 2.43. The van der Waals surface area contributed by atoms with Crippen molar-refractivity contribution in [2.75, 3.05) is 13.1 Å². The van der Waals surface area contributed by atoms with Gasteiger partial charge >= 0.3 is 0 Å². The van der Waals surface area contributed by atoms with Gasteiger partial charge in [-0.15, -0.1) is 0 Å². The van der Waals surface area contributed by atoms with Gasteiger partial charge in [0, 0.05) is 37.1 Å². The zero-order valence-corrected chi connectivity index (χ0v) is 18.3. The number of likely N-dealkylation sites (tertiary alicyclic amines) is 1. The molecule has 1 saturated carbocycles. The topological polar surface area (TPSA) is 51.0 Å². The molecule has 2 aliphatic rings. The third-order valence-electron chi connectivity index (χ3n) is 7.34. The minimum absolute atomic E-state index is 0.180. The summed E-state index contributed by atoms with van der Waals surface area (Å²) in [4.78, 5) is 20.6. The first kappa shape index (κ1) is 20.2. The highest BCUT2D eigenvalue weighted by atomic mass is 19.1. The van der Waals surface area contributed by atoms with Crippen LogP contribution in [-0.2, 0) is 17.3 Å². The molecule has 1 saturated heterocycles. The van der Waals surface area contributed by atoms with Crippen LogP contribution in [0, 0.1) is 12.7 Å². The van der Waals surface area contributed by atoms with Crippen LogP contribution in [0.4, 0.5) is 4.39 Å². The monoisotopic (exact) mass is 420 g/mol. The molecule has 0 unspecified atom stereocenters. The van der Waals surface area contributed by atoms with Crippen molar-refractivity contribution >= 4 is 16.9 Å². The number of hydrogen-bond acceptors (Lipinski definition) is 3. The van der Waals surface area contributed by atoms with E-state index >= 15 is 0 Å². The van der Waals surface area contributed by atoms with Crippen LogP contribution in [0.3, 0.4) is 0 Å². The average molecular weight is 421 g/mol. The fourth-order valence-electron chi connectivity index (χ4n) is 5.62. The van der Waals surface area contributed by atoms with Crippen molar-refractivity contribution in [2.24, 2.45) is 7.05 Å². The van der Waals surface area contributed by atoms with Crippen molar-refractivity contribution in [2.45, 2.75) is 56.8 Å². The van der Waals surface area contributed by atoms with E-state index < -0.39 is 5.41 Å². The Labute approximate surface area is 182 Å². The van der Waals surface area contributed by atoms with Crippen LogP contribution in [0.15, 0.2) is 36.4 Å². The number of carbonyl (C=O) groups excluding carboxylic acids is 1. The summed E-state index contributed by atoms with van der Waals surface area (Å²) < 4.78 is 15.8. The molecule has 5 rings (SSSR count). The molecule has 3 aromatic rings. The molecule has 0 spiro atoms. The molecule has 31 heavy (non-hydrogen) atoms. The minimum atomic E-state index is -0.557. The van der Waals surface area contributed by atoms with Crippen molar-refractivity contribution in [1.29, 1.82) is 0 Å². The summed E-state index contributed by atoms with van der Waals surface area (Å²) >= 11 is 0. The number of benzene rings is 1. The van der Waals surface area contributed by atoms with Crippen LogP contribution >= 0.6 is 0 Å². The van der Waals surface area contributed by atoms with Crippen LogP contribution < -0.4 is 0 Å². The van der Waals surface area contributed by atoms with Gasteiger partial charge in [0.15, 0.2) is 5.65 Å². The summed E-state index contributed by atoms with van der Waals surface area (Å²) in [5.74, 6) is 0.263. The van der Waals surface area contributed by atoms with Gasteiger partial charge in [-0.05, 0) is 62.4 Å². The lowest BCUT2D eigenvalue weighted by Gasteiger charge is -2.38. The summed E-state index contributed by atoms with van der Waals surface area (Å²) in [6.45, 7) is 3.46. The molecule has 2 aromatic heterocycles. The summed E-state index contributed by atoms with van der Waals surface area (Å²) in [6, 6.07) is 10.9. The van der Waals surface area contributed by atoms with E-state index in [2.05, 4.69) is 17.2 Å². The van der Waals surface area contributed by atoms with Gasteiger partial charge in [0.2, 0.25) is 5.91 Å². The molecule has 0 N–H and O–H groups in total. The molecule has 1 aliphatic carbocycles. The summed E-state index contributed by atoms with van der Waals surface area (Å²) in [7, 11) is 1.93. The van der Waals surface area contributed by atoms with Crippen molar-refractivity contribution < 1.29 is 9.18 Å². The molecular weight excluding hydrogens is 391 g/mol. The average Bonchev–Trinajstić information content (AvgIpc) is 3.39. The number of carbonyl (C=O) groups is 1. The fraction of sp³-hybridized carbons (Fsp3) is 0.480. The molecule has 1 aliphatic heterocycles. The lowest BCUT2D eigenvalue weighted by atomic mass is 9.77. The smallest absolute Gasteiger partial charge is 0.233 e. The predicted molar refractivity (Wildman–Crippen MR) is 118 cm³/mol. The maximum Gasteiger partial charge on any atom is 0.233 e. The maximum absolute atomic E-state index is 13.9. The van der Waals surface area contributed by atoms with Gasteiger partial charge in [-0.1, -0.05) is 25.0 Å². The Bertz CT molecular complexity index is 1120. The molecule has 2 fully saturated rings. The molecule has 0 atom stereocenters. The fourth-order valence-corrected chi connectivity index (χ4v) is 5.62. The number of halogens is 1. The van der Waals surface area contributed by atoms with Crippen molar-refractivity contribution in [3.8, 4) is 0 Å². The number of fused-ring (bicyclic) bond motifs is 1. The molecule has 0 radical (unpaired) electrons. The lowest BCUT2D eigenvalue weighted by Crippen LogP contribution is -2.48. The minimum Gasteiger partial charge on any atom is -0.342 e. The molecule has 6 heteroatoms. The van der Waals surface area contributed by atoms with Gasteiger partial charge in [0.25, 0.3) is 0 Å². The van der Waals surface area contributed by atoms with E-state index in [4.69, 9.17) is 4.98 Å². The normalized spacial score (nSPS) is 19.3. The number of amides is 1. The van der Waals surface area contributed by atoms with Gasteiger partial charge in [0.05, 0.1) is 11.1 Å². The van der Waals surface area contributed by atoms with Crippen LogP contribution in [-0.4, -0.2) is 38.7 Å². The van der Waals surface area contributed by atoms with E-state index in [0.717, 1.165) is 79.6 Å². The standard InChI is InChI=1S/C25H29FN4O/c1-17-21-8-9-22(27-23(21)29(2)28-17)18-10-14-30(15-11-18)24(31)25(12-3-4-13-25)19-6-5-7-20(26)16-19/h5-9,16,18H,3-4,10-15H2,1-2H3. The number of aromatic nitrogens is 3. The molecule has 162 valence electrons. The number of rotatable bonds is 3. The first-order chi connectivity index (χ1) is 15.0. The largest absolute Gasteiger partial charge is 0.342 e. The highest BCUT2D eigenvalue weighted by molar-refractivity contribution is 5.88. The summed E-state index contributed by atoms with van der Waals surface area (Å²) in [5.41, 5.74) is 3.29. The second-order valence-corrected chi connectivity index (χ2v) is 9.18. The van der Waals surface area contributed by atoms with E-state index in [9.17, 15) is 9.18 Å². The predicted octanol–water partition coefficient (Wildman–Crippen LogP) is 4.63. The first-order valence-corrected chi connectivity index (χ1v) is 11.3. The first-order valence-electron chi connectivity index (χ1n) is 11.3. The Hall–Kier alpha value is -2.76. The van der Waals surface area contributed by atoms with E-state index in [1.54, 1.807) is 12.1 Å². The summed E-state index contributed by atoms with van der Waals surface area (Å²) in [6.07, 6.45) is 5.47. The molecule has 3 heterocycles. The number of aryl methyl sites for hydroxylation is 2. The molecule has 0 bridgehead atoms. The Morgan fingerprint density at radius 1 is 1.13 bits per heavy atom. The quantitative estimate of drug-likeness (QED) is 0.621. The van der Waals surface area contributed by atoms with Crippen molar-refractivity contribution in [1.82, 2.24) is 19.7 Å². The van der Waals surface area contributed by atoms with Crippen LogP contribution in [0.1, 0.15) is 61.4 Å². The number of piperidine rings is 1. The molecule has 1 amide bonds. The van der Waals surface area contributed by atoms with Gasteiger partial charge in [-0.25, -0.2) is 9.37 Å². The van der Waals surface area contributed by atoms with Gasteiger partial charge in [-0.2, -0.15) is 5.10 Å². The third kappa shape index (κ3) is 3.42. The van der Waals surface area contributed by atoms with Crippen LogP contribution in [0.2, 0.25) is 0 Å². The van der Waals surface area contributed by atoms with Crippen molar-refractivity contribution in [3.05, 3.63) is 59.2 Å². The highest BCUT2D eigenvalue weighted by Gasteiger charge is 2.45. The number of pyridine rings is 1. The second kappa shape index (κ2) is 7.74. The van der Waals surface area contributed by atoms with E-state index in [0.29, 0.717) is 5.92 Å². The summed E-state index contributed by atoms with van der Waals surface area (Å²) in [5, 5.41) is 5.57. The Morgan fingerprint density at radius 2 is 1.87 bits per heavy atom. The van der Waals surface area contributed by atoms with E-state index in [1.807, 2.05) is 29.6 Å². The van der Waals surface area contributed by atoms with Crippen LogP contribution in [0.25, 0.3) is 11.0 Å². The van der Waals surface area contributed by atoms with E-state index in [1.165, 1.54) is 6.07 Å². The van der Waals surface area contributed by atoms with Crippen molar-refractivity contribution in [3.63, 3.8) is 0 Å². The Balaban J connectivity index is 1.34. The Kier molecular flexibility index (Phi) is 5.03. The van der Waals surface area contributed by atoms with Gasteiger partial charge in [0.1, 0.15) is 5.82 Å². The lowest BCUT2D eigenvalue weighted by molar-refractivity contribution is -0.138.